The fourth-order valence-electron chi connectivity index (χ4n) is 2.61. The third-order valence-corrected chi connectivity index (χ3v) is 4.43. The SMILES string of the molecule is CN(Cc1ccccc1Cl)C(=O)/C(=C/c1ccco1)NC(=O)c1ccccc1. The Morgan fingerprint density at radius 2 is 1.75 bits per heavy atom. The summed E-state index contributed by atoms with van der Waals surface area (Å²) in [5.74, 6) is -0.277. The average molecular weight is 395 g/mol. The highest BCUT2D eigenvalue weighted by atomic mass is 35.5. The predicted molar refractivity (Wildman–Crippen MR) is 109 cm³/mol. The minimum atomic E-state index is -0.377. The molecule has 2 amide bonds. The fraction of sp³-hybridized carbons (Fsp3) is 0.0909. The molecular formula is C22H19ClN2O3. The van der Waals surface area contributed by atoms with Gasteiger partial charge in [0.1, 0.15) is 11.5 Å². The van der Waals surface area contributed by atoms with Crippen molar-refractivity contribution in [1.29, 1.82) is 0 Å². The maximum absolute atomic E-state index is 13.0. The molecule has 0 bridgehead atoms. The molecule has 0 saturated carbocycles. The molecule has 0 unspecified atom stereocenters. The average Bonchev–Trinajstić information content (AvgIpc) is 3.22. The molecule has 2 aromatic carbocycles. The van der Waals surface area contributed by atoms with Gasteiger partial charge in [-0.25, -0.2) is 0 Å². The number of hydrogen-bond donors (Lipinski definition) is 1. The van der Waals surface area contributed by atoms with Crippen molar-refractivity contribution in [3.8, 4) is 0 Å². The van der Waals surface area contributed by atoms with Crippen molar-refractivity contribution in [3.63, 3.8) is 0 Å². The molecule has 1 aromatic heterocycles. The van der Waals surface area contributed by atoms with E-state index >= 15 is 0 Å². The van der Waals surface area contributed by atoms with Crippen LogP contribution < -0.4 is 5.32 Å². The largest absolute Gasteiger partial charge is 0.465 e. The number of carbonyl (C=O) groups is 2. The number of rotatable bonds is 6. The Bertz CT molecular complexity index is 982. The Balaban J connectivity index is 1.83. The molecule has 0 spiro atoms. The van der Waals surface area contributed by atoms with Crippen LogP contribution in [0.5, 0.6) is 0 Å². The normalized spacial score (nSPS) is 11.1. The Kier molecular flexibility index (Phi) is 6.29. The van der Waals surface area contributed by atoms with E-state index in [0.717, 1.165) is 5.56 Å². The summed E-state index contributed by atoms with van der Waals surface area (Å²) in [5.41, 5.74) is 1.37. The number of halogens is 1. The second-order valence-corrected chi connectivity index (χ2v) is 6.55. The van der Waals surface area contributed by atoms with E-state index in [1.54, 1.807) is 49.5 Å². The second-order valence-electron chi connectivity index (χ2n) is 6.15. The van der Waals surface area contributed by atoms with Crippen molar-refractivity contribution in [2.24, 2.45) is 0 Å². The summed E-state index contributed by atoms with van der Waals surface area (Å²) in [6, 6.07) is 19.4. The standard InChI is InChI=1S/C22H19ClN2O3/c1-25(15-17-10-5-6-12-19(17)23)22(27)20(14-18-11-7-13-28-18)24-21(26)16-8-3-2-4-9-16/h2-14H,15H2,1H3,(H,24,26)/b20-14-. The van der Waals surface area contributed by atoms with Crippen LogP contribution in [0.4, 0.5) is 0 Å². The maximum atomic E-state index is 13.0. The zero-order valence-electron chi connectivity index (χ0n) is 15.3. The van der Waals surface area contributed by atoms with Gasteiger partial charge in [0.05, 0.1) is 6.26 Å². The van der Waals surface area contributed by atoms with Crippen molar-refractivity contribution in [1.82, 2.24) is 10.2 Å². The van der Waals surface area contributed by atoms with E-state index in [1.807, 2.05) is 24.3 Å². The summed E-state index contributed by atoms with van der Waals surface area (Å²) in [5, 5.41) is 3.27. The quantitative estimate of drug-likeness (QED) is 0.632. The number of benzene rings is 2. The molecule has 0 aliphatic carbocycles. The molecule has 142 valence electrons. The third kappa shape index (κ3) is 4.90. The van der Waals surface area contributed by atoms with E-state index < -0.39 is 0 Å². The van der Waals surface area contributed by atoms with Gasteiger partial charge in [0.2, 0.25) is 0 Å². The number of nitrogens with zero attached hydrogens (tertiary/aromatic N) is 1. The molecule has 0 atom stereocenters. The highest BCUT2D eigenvalue weighted by Crippen LogP contribution is 2.18. The van der Waals surface area contributed by atoms with Crippen LogP contribution in [0.15, 0.2) is 83.1 Å². The summed E-state index contributed by atoms with van der Waals surface area (Å²) < 4.78 is 5.30. The first-order valence-electron chi connectivity index (χ1n) is 8.65. The zero-order chi connectivity index (χ0) is 19.9. The van der Waals surface area contributed by atoms with Gasteiger partial charge in [0.15, 0.2) is 0 Å². The molecule has 3 rings (SSSR count). The Labute approximate surface area is 168 Å². The molecule has 1 N–H and O–H groups in total. The first kappa shape index (κ1) is 19.5. The van der Waals surface area contributed by atoms with Crippen molar-refractivity contribution < 1.29 is 14.0 Å². The lowest BCUT2D eigenvalue weighted by molar-refractivity contribution is -0.126. The van der Waals surface area contributed by atoms with Crippen molar-refractivity contribution in [2.75, 3.05) is 7.05 Å². The van der Waals surface area contributed by atoms with E-state index in [1.165, 1.54) is 17.2 Å². The van der Waals surface area contributed by atoms with Crippen LogP contribution >= 0.6 is 11.6 Å². The molecular weight excluding hydrogens is 376 g/mol. The van der Waals surface area contributed by atoms with Crippen LogP contribution in [-0.4, -0.2) is 23.8 Å². The molecule has 0 aliphatic heterocycles. The predicted octanol–water partition coefficient (Wildman–Crippen LogP) is 4.36. The van der Waals surface area contributed by atoms with Crippen LogP contribution in [0.3, 0.4) is 0 Å². The van der Waals surface area contributed by atoms with E-state index in [-0.39, 0.29) is 17.5 Å². The van der Waals surface area contributed by atoms with Gasteiger partial charge in [-0.2, -0.15) is 0 Å². The summed E-state index contributed by atoms with van der Waals surface area (Å²) >= 11 is 6.19. The lowest BCUT2D eigenvalue weighted by atomic mass is 10.2. The Morgan fingerprint density at radius 3 is 2.43 bits per heavy atom. The maximum Gasteiger partial charge on any atom is 0.270 e. The highest BCUT2D eigenvalue weighted by Gasteiger charge is 2.19. The Hall–Kier alpha value is -3.31. The van der Waals surface area contributed by atoms with Crippen molar-refractivity contribution in [3.05, 3.63) is 101 Å². The van der Waals surface area contributed by atoms with Gasteiger partial charge in [-0.1, -0.05) is 48.0 Å². The van der Waals surface area contributed by atoms with Gasteiger partial charge >= 0.3 is 0 Å². The number of nitrogens with one attached hydrogen (secondary N) is 1. The summed E-state index contributed by atoms with van der Waals surface area (Å²) in [4.78, 5) is 27.0. The molecule has 1 heterocycles. The van der Waals surface area contributed by atoms with Crippen LogP contribution in [0.25, 0.3) is 6.08 Å². The molecule has 0 saturated heterocycles. The van der Waals surface area contributed by atoms with E-state index in [4.69, 9.17) is 16.0 Å². The summed E-state index contributed by atoms with van der Waals surface area (Å²) in [6.07, 6.45) is 3.01. The number of likely N-dealkylation sites (N-methyl/N-ethyl adjacent to an activating group) is 1. The molecule has 5 nitrogen and oxygen atoms in total. The van der Waals surface area contributed by atoms with Crippen molar-refractivity contribution >= 4 is 29.5 Å². The fourth-order valence-corrected chi connectivity index (χ4v) is 2.81. The molecule has 0 radical (unpaired) electrons. The van der Waals surface area contributed by atoms with Crippen molar-refractivity contribution in [2.45, 2.75) is 6.54 Å². The van der Waals surface area contributed by atoms with Crippen LogP contribution in [-0.2, 0) is 11.3 Å². The van der Waals surface area contributed by atoms with Crippen LogP contribution in [0.1, 0.15) is 21.7 Å². The smallest absolute Gasteiger partial charge is 0.270 e. The van der Waals surface area contributed by atoms with Crippen LogP contribution in [0.2, 0.25) is 5.02 Å². The lowest BCUT2D eigenvalue weighted by Gasteiger charge is -2.20. The minimum absolute atomic E-state index is 0.110. The summed E-state index contributed by atoms with van der Waals surface area (Å²) in [7, 11) is 1.65. The molecule has 0 aliphatic rings. The molecule has 6 heteroatoms. The molecule has 0 fully saturated rings. The van der Waals surface area contributed by atoms with Crippen LogP contribution in [0, 0.1) is 0 Å². The topological polar surface area (TPSA) is 62.6 Å². The zero-order valence-corrected chi connectivity index (χ0v) is 16.0. The van der Waals surface area contributed by atoms with Gasteiger partial charge in [-0.3, -0.25) is 9.59 Å². The number of amides is 2. The second kappa shape index (κ2) is 9.06. The first-order chi connectivity index (χ1) is 13.5. The lowest BCUT2D eigenvalue weighted by Crippen LogP contribution is -2.36. The number of hydrogen-bond acceptors (Lipinski definition) is 3. The molecule has 28 heavy (non-hydrogen) atoms. The monoisotopic (exact) mass is 394 g/mol. The van der Waals surface area contributed by atoms with E-state index in [2.05, 4.69) is 5.32 Å². The van der Waals surface area contributed by atoms with Gasteiger partial charge < -0.3 is 14.6 Å². The minimum Gasteiger partial charge on any atom is -0.465 e. The highest BCUT2D eigenvalue weighted by molar-refractivity contribution is 6.31. The summed E-state index contributed by atoms with van der Waals surface area (Å²) in [6.45, 7) is 0.301. The van der Waals surface area contributed by atoms with Gasteiger partial charge in [0, 0.05) is 30.3 Å². The van der Waals surface area contributed by atoms with E-state index in [9.17, 15) is 9.59 Å². The number of furan rings is 1. The first-order valence-corrected chi connectivity index (χ1v) is 9.03. The van der Waals surface area contributed by atoms with Gasteiger partial charge in [0.25, 0.3) is 11.8 Å². The third-order valence-electron chi connectivity index (χ3n) is 4.06. The Morgan fingerprint density at radius 1 is 1.04 bits per heavy atom. The molecule has 3 aromatic rings. The van der Waals surface area contributed by atoms with E-state index in [0.29, 0.717) is 22.9 Å². The van der Waals surface area contributed by atoms with Gasteiger partial charge in [-0.15, -0.1) is 0 Å². The number of carbonyl (C=O) groups excluding carboxylic acids is 2. The van der Waals surface area contributed by atoms with Gasteiger partial charge in [-0.05, 0) is 35.9 Å².